The van der Waals surface area contributed by atoms with E-state index in [9.17, 15) is 4.79 Å². The van der Waals surface area contributed by atoms with E-state index >= 15 is 0 Å². The molecule has 3 nitrogen and oxygen atoms in total. The minimum Gasteiger partial charge on any atom is -0.342 e. The van der Waals surface area contributed by atoms with Crippen LogP contribution in [0.5, 0.6) is 0 Å². The summed E-state index contributed by atoms with van der Waals surface area (Å²) >= 11 is 0. The first-order valence-corrected chi connectivity index (χ1v) is 5.42. The zero-order valence-corrected chi connectivity index (χ0v) is 8.83. The molecule has 14 heavy (non-hydrogen) atoms. The van der Waals surface area contributed by atoms with Crippen LogP contribution in [0.2, 0.25) is 0 Å². The Balaban J connectivity index is 2.27. The normalized spacial score (nSPS) is 15.7. The third kappa shape index (κ3) is 3.02. The highest BCUT2D eigenvalue weighted by Crippen LogP contribution is 2.29. The Morgan fingerprint density at radius 2 is 2.29 bits per heavy atom. The standard InChI is InChI=1S/C11H18N2O/c1-2-13(8-4-7-12)11(14)9-10-5-3-6-10/h10H,2-6,8-9H2,1H3. The van der Waals surface area contributed by atoms with E-state index in [1.165, 1.54) is 19.3 Å². The lowest BCUT2D eigenvalue weighted by Gasteiger charge is -2.28. The van der Waals surface area contributed by atoms with E-state index in [4.69, 9.17) is 5.26 Å². The van der Waals surface area contributed by atoms with Gasteiger partial charge in [0.15, 0.2) is 0 Å². The summed E-state index contributed by atoms with van der Waals surface area (Å²) in [5, 5.41) is 8.44. The SMILES string of the molecule is CCN(CCC#N)C(=O)CC1CCC1. The van der Waals surface area contributed by atoms with Crippen LogP contribution in [-0.2, 0) is 4.79 Å². The molecule has 0 heterocycles. The second-order valence-electron chi connectivity index (χ2n) is 3.88. The molecule has 0 aromatic heterocycles. The summed E-state index contributed by atoms with van der Waals surface area (Å²) in [6.07, 6.45) is 4.84. The van der Waals surface area contributed by atoms with Gasteiger partial charge in [-0.15, -0.1) is 0 Å². The molecule has 3 heteroatoms. The van der Waals surface area contributed by atoms with Crippen LogP contribution in [-0.4, -0.2) is 23.9 Å². The van der Waals surface area contributed by atoms with E-state index in [-0.39, 0.29) is 5.91 Å². The number of rotatable bonds is 5. The molecule has 0 aromatic carbocycles. The number of amides is 1. The molecule has 1 rings (SSSR count). The van der Waals surface area contributed by atoms with Crippen LogP contribution < -0.4 is 0 Å². The molecular weight excluding hydrogens is 176 g/mol. The maximum atomic E-state index is 11.7. The molecular formula is C11H18N2O. The Morgan fingerprint density at radius 1 is 1.57 bits per heavy atom. The van der Waals surface area contributed by atoms with Gasteiger partial charge >= 0.3 is 0 Å². The van der Waals surface area contributed by atoms with E-state index in [0.29, 0.717) is 25.3 Å². The minimum absolute atomic E-state index is 0.229. The van der Waals surface area contributed by atoms with Crippen molar-refractivity contribution in [1.29, 1.82) is 5.26 Å². The van der Waals surface area contributed by atoms with Gasteiger partial charge in [0.05, 0.1) is 12.5 Å². The lowest BCUT2D eigenvalue weighted by Crippen LogP contribution is -2.34. The molecule has 0 aromatic rings. The van der Waals surface area contributed by atoms with Crippen LogP contribution in [0.4, 0.5) is 0 Å². The fraction of sp³-hybridized carbons (Fsp3) is 0.818. The quantitative estimate of drug-likeness (QED) is 0.671. The average molecular weight is 194 g/mol. The maximum Gasteiger partial charge on any atom is 0.222 e. The van der Waals surface area contributed by atoms with Gasteiger partial charge in [-0.25, -0.2) is 0 Å². The van der Waals surface area contributed by atoms with E-state index < -0.39 is 0 Å². The number of carbonyl (C=O) groups excluding carboxylic acids is 1. The van der Waals surface area contributed by atoms with E-state index in [1.807, 2.05) is 6.92 Å². The van der Waals surface area contributed by atoms with Crippen molar-refractivity contribution in [3.05, 3.63) is 0 Å². The van der Waals surface area contributed by atoms with E-state index in [0.717, 1.165) is 6.54 Å². The first kappa shape index (κ1) is 11.0. The first-order valence-electron chi connectivity index (χ1n) is 5.42. The number of nitrogens with zero attached hydrogens (tertiary/aromatic N) is 2. The summed E-state index contributed by atoms with van der Waals surface area (Å²) in [7, 11) is 0. The van der Waals surface area contributed by atoms with Crippen molar-refractivity contribution in [2.45, 2.75) is 39.0 Å². The zero-order valence-electron chi connectivity index (χ0n) is 8.83. The Bertz CT molecular complexity index is 228. The molecule has 1 saturated carbocycles. The minimum atomic E-state index is 0.229. The fourth-order valence-electron chi connectivity index (χ4n) is 1.72. The highest BCUT2D eigenvalue weighted by atomic mass is 16.2. The summed E-state index contributed by atoms with van der Waals surface area (Å²) in [6, 6.07) is 2.07. The van der Waals surface area contributed by atoms with Gasteiger partial charge < -0.3 is 4.90 Å². The smallest absolute Gasteiger partial charge is 0.222 e. The topological polar surface area (TPSA) is 44.1 Å². The molecule has 78 valence electrons. The van der Waals surface area contributed by atoms with Gasteiger partial charge in [-0.1, -0.05) is 6.42 Å². The van der Waals surface area contributed by atoms with Gasteiger partial charge in [0.2, 0.25) is 5.91 Å². The van der Waals surface area contributed by atoms with E-state index in [1.54, 1.807) is 4.90 Å². The molecule has 1 amide bonds. The van der Waals surface area contributed by atoms with Crippen molar-refractivity contribution in [3.8, 4) is 6.07 Å². The van der Waals surface area contributed by atoms with Crippen molar-refractivity contribution in [2.24, 2.45) is 5.92 Å². The Labute approximate surface area is 85.7 Å². The van der Waals surface area contributed by atoms with Crippen molar-refractivity contribution in [3.63, 3.8) is 0 Å². The van der Waals surface area contributed by atoms with Gasteiger partial charge in [-0.3, -0.25) is 4.79 Å². The predicted octanol–water partition coefficient (Wildman–Crippen LogP) is 1.94. The molecule has 0 atom stereocenters. The summed E-state index contributed by atoms with van der Waals surface area (Å²) in [5.41, 5.74) is 0. The molecule has 0 bridgehead atoms. The third-order valence-corrected chi connectivity index (χ3v) is 2.92. The zero-order chi connectivity index (χ0) is 10.4. The number of carbonyl (C=O) groups is 1. The lowest BCUT2D eigenvalue weighted by atomic mass is 9.82. The van der Waals surface area contributed by atoms with Crippen molar-refractivity contribution in [2.75, 3.05) is 13.1 Å². The largest absolute Gasteiger partial charge is 0.342 e. The highest BCUT2D eigenvalue weighted by molar-refractivity contribution is 5.76. The number of nitriles is 1. The highest BCUT2D eigenvalue weighted by Gasteiger charge is 2.22. The van der Waals surface area contributed by atoms with E-state index in [2.05, 4.69) is 6.07 Å². The molecule has 0 aliphatic heterocycles. The maximum absolute atomic E-state index is 11.7. The van der Waals surface area contributed by atoms with Crippen LogP contribution in [0.25, 0.3) is 0 Å². The van der Waals surface area contributed by atoms with Gasteiger partial charge in [0, 0.05) is 19.5 Å². The number of hydrogen-bond donors (Lipinski definition) is 0. The summed E-state index contributed by atoms with van der Waals surface area (Å²) in [4.78, 5) is 13.5. The fourth-order valence-corrected chi connectivity index (χ4v) is 1.72. The van der Waals surface area contributed by atoms with Crippen LogP contribution >= 0.6 is 0 Å². The molecule has 1 fully saturated rings. The summed E-state index contributed by atoms with van der Waals surface area (Å²) in [5.74, 6) is 0.853. The average Bonchev–Trinajstić information content (AvgIpc) is 2.13. The molecule has 0 spiro atoms. The lowest BCUT2D eigenvalue weighted by molar-refractivity contribution is -0.132. The third-order valence-electron chi connectivity index (χ3n) is 2.92. The van der Waals surface area contributed by atoms with Crippen LogP contribution in [0.1, 0.15) is 39.0 Å². The van der Waals surface area contributed by atoms with Crippen LogP contribution in [0.3, 0.4) is 0 Å². The van der Waals surface area contributed by atoms with Gasteiger partial charge in [-0.2, -0.15) is 5.26 Å². The number of hydrogen-bond acceptors (Lipinski definition) is 2. The van der Waals surface area contributed by atoms with Crippen LogP contribution in [0, 0.1) is 17.2 Å². The summed E-state index contributed by atoms with van der Waals surface area (Å²) < 4.78 is 0. The first-order chi connectivity index (χ1) is 6.77. The molecule has 0 unspecified atom stereocenters. The van der Waals surface area contributed by atoms with Gasteiger partial charge in [-0.05, 0) is 25.7 Å². The second kappa shape index (κ2) is 5.64. The molecule has 1 aliphatic rings. The molecule has 0 N–H and O–H groups in total. The summed E-state index contributed by atoms with van der Waals surface area (Å²) in [6.45, 7) is 3.29. The second-order valence-corrected chi connectivity index (χ2v) is 3.88. The van der Waals surface area contributed by atoms with Crippen molar-refractivity contribution < 1.29 is 4.79 Å². The van der Waals surface area contributed by atoms with Crippen molar-refractivity contribution >= 4 is 5.91 Å². The Morgan fingerprint density at radius 3 is 2.71 bits per heavy atom. The molecule has 1 aliphatic carbocycles. The van der Waals surface area contributed by atoms with Gasteiger partial charge in [0.1, 0.15) is 0 Å². The Hall–Kier alpha value is -1.04. The molecule has 0 radical (unpaired) electrons. The predicted molar refractivity (Wildman–Crippen MR) is 54.4 cm³/mol. The molecule has 0 saturated heterocycles. The van der Waals surface area contributed by atoms with Crippen molar-refractivity contribution in [1.82, 2.24) is 4.90 Å². The van der Waals surface area contributed by atoms with Crippen LogP contribution in [0.15, 0.2) is 0 Å². The van der Waals surface area contributed by atoms with Gasteiger partial charge in [0.25, 0.3) is 0 Å². The monoisotopic (exact) mass is 194 g/mol. The Kier molecular flexibility index (Phi) is 4.45.